The van der Waals surface area contributed by atoms with Crippen LogP contribution in [0.3, 0.4) is 0 Å². The first-order valence-electron chi connectivity index (χ1n) is 8.55. The number of aliphatic hydroxyl groups excluding tert-OH is 1. The number of aliphatic hydroxyl groups is 1. The van der Waals surface area contributed by atoms with Crippen molar-refractivity contribution in [2.45, 2.75) is 20.0 Å². The lowest BCUT2D eigenvalue weighted by atomic mass is 10.2. The Morgan fingerprint density at radius 3 is 2.60 bits per heavy atom. The number of piperazine rings is 1. The summed E-state index contributed by atoms with van der Waals surface area (Å²) in [6.45, 7) is 11.4. The Morgan fingerprint density at radius 1 is 1.32 bits per heavy atom. The molecule has 138 valence electrons. The van der Waals surface area contributed by atoms with E-state index < -0.39 is 6.10 Å². The summed E-state index contributed by atoms with van der Waals surface area (Å²) < 4.78 is 5.43. The number of hydrogen-bond acceptors (Lipinski definition) is 4. The van der Waals surface area contributed by atoms with Crippen molar-refractivity contribution < 1.29 is 9.84 Å². The van der Waals surface area contributed by atoms with Crippen LogP contribution in [0, 0.1) is 0 Å². The van der Waals surface area contributed by atoms with Gasteiger partial charge in [0.25, 0.3) is 0 Å². The van der Waals surface area contributed by atoms with E-state index in [2.05, 4.69) is 16.8 Å². The summed E-state index contributed by atoms with van der Waals surface area (Å²) in [4.78, 5) is 2.26. The number of rotatable bonds is 6. The Hall–Kier alpha value is -1.75. The van der Waals surface area contributed by atoms with Gasteiger partial charge in [-0.2, -0.15) is 0 Å². The second-order valence-corrected chi connectivity index (χ2v) is 6.06. The second-order valence-electron chi connectivity index (χ2n) is 5.66. The molecule has 0 spiro atoms. The Balaban J connectivity index is 0.000000381. The van der Waals surface area contributed by atoms with Crippen LogP contribution in [0.25, 0.3) is 0 Å². The van der Waals surface area contributed by atoms with Crippen LogP contribution in [0.5, 0.6) is 5.75 Å². The van der Waals surface area contributed by atoms with E-state index in [-0.39, 0.29) is 6.61 Å². The number of halogens is 1. The summed E-state index contributed by atoms with van der Waals surface area (Å²) in [5.74, 6) is 0.694. The molecule has 0 radical (unpaired) electrons. The van der Waals surface area contributed by atoms with E-state index in [4.69, 9.17) is 21.4 Å². The van der Waals surface area contributed by atoms with E-state index >= 15 is 0 Å². The smallest absolute Gasteiger partial charge is 0.121 e. The molecule has 2 N–H and O–H groups in total. The Kier molecular flexibility index (Phi) is 10.7. The minimum atomic E-state index is -0.475. The molecule has 0 aliphatic carbocycles. The summed E-state index contributed by atoms with van der Waals surface area (Å²) in [5, 5.41) is 13.2. The van der Waals surface area contributed by atoms with Crippen LogP contribution < -0.4 is 15.0 Å². The van der Waals surface area contributed by atoms with E-state index in [0.29, 0.717) is 10.8 Å². The highest BCUT2D eigenvalue weighted by Crippen LogP contribution is 2.30. The number of ether oxygens (including phenoxy) is 1. The molecule has 25 heavy (non-hydrogen) atoms. The fourth-order valence-corrected chi connectivity index (χ4v) is 2.50. The van der Waals surface area contributed by atoms with Crippen LogP contribution in [-0.4, -0.2) is 44.0 Å². The summed E-state index contributed by atoms with van der Waals surface area (Å²) in [6, 6.07) is 5.68. The van der Waals surface area contributed by atoms with E-state index in [1.165, 1.54) is 0 Å². The minimum Gasteiger partial charge on any atom is -0.491 e. The van der Waals surface area contributed by atoms with Gasteiger partial charge in [-0.15, -0.1) is 0 Å². The predicted molar refractivity (Wildman–Crippen MR) is 108 cm³/mol. The lowest BCUT2D eigenvalue weighted by Crippen LogP contribution is -2.43. The van der Waals surface area contributed by atoms with Gasteiger partial charge in [-0.05, 0) is 26.0 Å². The van der Waals surface area contributed by atoms with Gasteiger partial charge >= 0.3 is 0 Å². The zero-order valence-corrected chi connectivity index (χ0v) is 15.9. The zero-order valence-electron chi connectivity index (χ0n) is 15.1. The van der Waals surface area contributed by atoms with Crippen LogP contribution >= 0.6 is 11.6 Å². The molecule has 1 unspecified atom stereocenters. The first-order chi connectivity index (χ1) is 12.1. The average molecular weight is 365 g/mol. The first-order valence-corrected chi connectivity index (χ1v) is 8.92. The molecule has 1 aliphatic rings. The minimum absolute atomic E-state index is 0.281. The molecule has 1 saturated heterocycles. The van der Waals surface area contributed by atoms with E-state index in [1.807, 2.05) is 43.4 Å². The summed E-state index contributed by atoms with van der Waals surface area (Å²) in [6.07, 6.45) is 9.03. The first kappa shape index (κ1) is 21.3. The van der Waals surface area contributed by atoms with Crippen LogP contribution in [0.2, 0.25) is 5.02 Å². The van der Waals surface area contributed by atoms with E-state index in [0.717, 1.165) is 31.9 Å². The molecule has 1 atom stereocenters. The molecular weight excluding hydrogens is 336 g/mol. The van der Waals surface area contributed by atoms with Gasteiger partial charge in [-0.3, -0.25) is 0 Å². The molecule has 1 heterocycles. The van der Waals surface area contributed by atoms with Crippen molar-refractivity contribution in [3.8, 4) is 5.75 Å². The van der Waals surface area contributed by atoms with E-state index in [1.54, 1.807) is 19.1 Å². The molecule has 1 fully saturated rings. The molecular formula is C20H29ClN2O2. The van der Waals surface area contributed by atoms with Gasteiger partial charge in [0.15, 0.2) is 0 Å². The highest BCUT2D eigenvalue weighted by Gasteiger charge is 2.14. The molecule has 1 aromatic carbocycles. The maximum absolute atomic E-state index is 9.17. The van der Waals surface area contributed by atoms with Crippen LogP contribution in [0.1, 0.15) is 13.8 Å². The zero-order chi connectivity index (χ0) is 18.5. The Bertz CT molecular complexity index is 565. The highest BCUT2D eigenvalue weighted by atomic mass is 35.5. The number of anilines is 1. The third-order valence-electron chi connectivity index (χ3n) is 3.42. The standard InChI is InChI=1S/C13H19ClN2O2.C7H10/c1-10(17)9-18-11-2-3-13(12(14)8-11)16-6-4-15-5-7-16;1-3-5-7-6-4-2/h2-3,8,10,15,17H,4-7,9H2,1H3;3-7H,1H2,2H3/b;6-4-,7-5-. The number of hydrogen-bond donors (Lipinski definition) is 2. The molecule has 0 amide bonds. The maximum atomic E-state index is 9.17. The molecule has 4 nitrogen and oxygen atoms in total. The second kappa shape index (κ2) is 12.6. The van der Waals surface area contributed by atoms with Gasteiger partial charge in [-0.1, -0.05) is 48.6 Å². The number of benzene rings is 1. The van der Waals surface area contributed by atoms with Crippen molar-refractivity contribution in [3.05, 3.63) is 60.2 Å². The van der Waals surface area contributed by atoms with Crippen molar-refractivity contribution in [2.24, 2.45) is 0 Å². The molecule has 1 aliphatic heterocycles. The van der Waals surface area contributed by atoms with Crippen molar-refractivity contribution >= 4 is 17.3 Å². The van der Waals surface area contributed by atoms with Crippen molar-refractivity contribution in [2.75, 3.05) is 37.7 Å². The van der Waals surface area contributed by atoms with Crippen LogP contribution in [0.15, 0.2) is 55.2 Å². The number of allylic oxidation sites excluding steroid dienone is 5. The lowest BCUT2D eigenvalue weighted by Gasteiger charge is -2.30. The maximum Gasteiger partial charge on any atom is 0.121 e. The third kappa shape index (κ3) is 8.77. The van der Waals surface area contributed by atoms with Crippen molar-refractivity contribution in [1.29, 1.82) is 0 Å². The van der Waals surface area contributed by atoms with Crippen molar-refractivity contribution in [3.63, 3.8) is 0 Å². The SMILES string of the molecule is C=C/C=C\C=C/C.CC(O)COc1ccc(N2CCNCC2)c(Cl)c1. The molecule has 0 bridgehead atoms. The van der Waals surface area contributed by atoms with Crippen LogP contribution in [0.4, 0.5) is 5.69 Å². The van der Waals surface area contributed by atoms with Crippen molar-refractivity contribution in [1.82, 2.24) is 5.32 Å². The van der Waals surface area contributed by atoms with Gasteiger partial charge in [0, 0.05) is 32.2 Å². The normalized spacial score (nSPS) is 15.8. The van der Waals surface area contributed by atoms with Gasteiger partial charge in [0.1, 0.15) is 12.4 Å². The summed E-state index contributed by atoms with van der Waals surface area (Å²) >= 11 is 6.27. The number of nitrogens with one attached hydrogen (secondary N) is 1. The quantitative estimate of drug-likeness (QED) is 0.753. The predicted octanol–water partition coefficient (Wildman–Crippen LogP) is 3.81. The monoisotopic (exact) mass is 364 g/mol. The summed E-state index contributed by atoms with van der Waals surface area (Å²) in [7, 11) is 0. The molecule has 5 heteroatoms. The highest BCUT2D eigenvalue weighted by molar-refractivity contribution is 6.33. The molecule has 0 aromatic heterocycles. The van der Waals surface area contributed by atoms with E-state index in [9.17, 15) is 0 Å². The fraction of sp³-hybridized carbons (Fsp3) is 0.400. The molecule has 2 rings (SSSR count). The van der Waals surface area contributed by atoms with Gasteiger partial charge in [0.05, 0.1) is 16.8 Å². The van der Waals surface area contributed by atoms with Gasteiger partial charge < -0.3 is 20.1 Å². The van der Waals surface area contributed by atoms with Gasteiger partial charge in [0.2, 0.25) is 0 Å². The summed E-state index contributed by atoms with van der Waals surface area (Å²) in [5.41, 5.74) is 1.04. The lowest BCUT2D eigenvalue weighted by molar-refractivity contribution is 0.123. The fourth-order valence-electron chi connectivity index (χ4n) is 2.21. The molecule has 0 saturated carbocycles. The Morgan fingerprint density at radius 2 is 2.04 bits per heavy atom. The largest absolute Gasteiger partial charge is 0.491 e. The van der Waals surface area contributed by atoms with Gasteiger partial charge in [-0.25, -0.2) is 0 Å². The third-order valence-corrected chi connectivity index (χ3v) is 3.72. The topological polar surface area (TPSA) is 44.7 Å². The average Bonchev–Trinajstić information content (AvgIpc) is 2.62. The number of nitrogens with zero attached hydrogens (tertiary/aromatic N) is 1. The molecule has 1 aromatic rings. The Labute approximate surface area is 156 Å². The van der Waals surface area contributed by atoms with Crippen LogP contribution in [-0.2, 0) is 0 Å².